The first kappa shape index (κ1) is 24.2. The lowest BCUT2D eigenvalue weighted by molar-refractivity contribution is 0.0706. The average Bonchev–Trinajstić information content (AvgIpc) is 3.41. The lowest BCUT2D eigenvalue weighted by Gasteiger charge is -2.19. The molecule has 184 valence electrons. The highest BCUT2D eigenvalue weighted by molar-refractivity contribution is 5.98. The van der Waals surface area contributed by atoms with Crippen LogP contribution in [0.2, 0.25) is 0 Å². The Balaban J connectivity index is 1.61. The van der Waals surface area contributed by atoms with Crippen LogP contribution in [0.3, 0.4) is 0 Å². The summed E-state index contributed by atoms with van der Waals surface area (Å²) in [6.45, 7) is 2.72. The number of unbranched alkanes of at least 4 members (excludes halogenated alkanes) is 2. The van der Waals surface area contributed by atoms with Crippen LogP contribution in [-0.2, 0) is 15.9 Å². The summed E-state index contributed by atoms with van der Waals surface area (Å²) in [7, 11) is 1.55. The van der Waals surface area contributed by atoms with Crippen molar-refractivity contribution < 1.29 is 23.7 Å². The second-order valence-electron chi connectivity index (χ2n) is 8.29. The fourth-order valence-corrected chi connectivity index (χ4v) is 3.97. The van der Waals surface area contributed by atoms with Crippen molar-refractivity contribution in [3.8, 4) is 11.5 Å². The third kappa shape index (κ3) is 5.77. The number of methoxy groups -OCH3 is 1. The number of fused-ring (bicyclic) bond motifs is 1. The van der Waals surface area contributed by atoms with Gasteiger partial charge in [-0.2, -0.15) is 0 Å². The third-order valence-electron chi connectivity index (χ3n) is 5.82. The Hall–Kier alpha value is -3.94. The lowest BCUT2D eigenvalue weighted by atomic mass is 10.0. The standard InChI is InChI=1S/C27H30N2O6/c1-3-4-8-13-34-25-22(32-2)12-11-19-15-20(27(31)29-24(19)25)26(30)28-21(23-16-33-17-35-23)14-18-9-6-5-7-10-18/h5-7,9-12,15-16,21H,3-4,8,13-14,17H2,1-2H3,(H,28,30)(H,29,31). The zero-order valence-corrected chi connectivity index (χ0v) is 20.0. The number of ether oxygens (including phenoxy) is 4. The van der Waals surface area contributed by atoms with Crippen molar-refractivity contribution in [3.63, 3.8) is 0 Å². The molecule has 1 amide bonds. The Morgan fingerprint density at radius 2 is 2.00 bits per heavy atom. The number of carbonyl (C=O) groups excluding carboxylic acids is 1. The quantitative estimate of drug-likeness (QED) is 0.399. The van der Waals surface area contributed by atoms with Gasteiger partial charge in [-0.15, -0.1) is 0 Å². The molecule has 1 aromatic heterocycles. The average molecular weight is 479 g/mol. The number of rotatable bonds is 11. The van der Waals surface area contributed by atoms with Gasteiger partial charge in [0.1, 0.15) is 11.8 Å². The van der Waals surface area contributed by atoms with Gasteiger partial charge in [0.05, 0.1) is 25.3 Å². The van der Waals surface area contributed by atoms with Crippen LogP contribution in [0.4, 0.5) is 0 Å². The van der Waals surface area contributed by atoms with E-state index in [0.29, 0.717) is 41.2 Å². The number of aromatic amines is 1. The van der Waals surface area contributed by atoms with Gasteiger partial charge in [0.15, 0.2) is 17.3 Å². The topological polar surface area (TPSA) is 98.9 Å². The van der Waals surface area contributed by atoms with Gasteiger partial charge in [-0.25, -0.2) is 0 Å². The van der Waals surface area contributed by atoms with E-state index in [9.17, 15) is 9.59 Å². The number of carbonyl (C=O) groups is 1. The van der Waals surface area contributed by atoms with Gasteiger partial charge in [0.25, 0.3) is 11.5 Å². The van der Waals surface area contributed by atoms with Crippen LogP contribution >= 0.6 is 0 Å². The maximum atomic E-state index is 13.2. The lowest BCUT2D eigenvalue weighted by Crippen LogP contribution is -2.40. The molecular weight excluding hydrogens is 448 g/mol. The number of hydrogen-bond donors (Lipinski definition) is 2. The number of H-pyrrole nitrogens is 1. The van der Waals surface area contributed by atoms with Crippen LogP contribution in [-0.4, -0.2) is 37.4 Å². The molecule has 8 heteroatoms. The Morgan fingerprint density at radius 3 is 2.71 bits per heavy atom. The number of amides is 1. The Morgan fingerprint density at radius 1 is 1.17 bits per heavy atom. The molecule has 1 aliphatic rings. The normalized spacial score (nSPS) is 13.5. The molecule has 1 unspecified atom stereocenters. The second-order valence-corrected chi connectivity index (χ2v) is 8.29. The van der Waals surface area contributed by atoms with Gasteiger partial charge in [0, 0.05) is 11.8 Å². The molecular formula is C27H30N2O6. The van der Waals surface area contributed by atoms with Gasteiger partial charge < -0.3 is 29.2 Å². The van der Waals surface area contributed by atoms with Crippen LogP contribution in [0.5, 0.6) is 11.5 Å². The van der Waals surface area contributed by atoms with E-state index in [1.54, 1.807) is 25.3 Å². The molecule has 0 saturated heterocycles. The van der Waals surface area contributed by atoms with E-state index in [-0.39, 0.29) is 12.4 Å². The second kappa shape index (κ2) is 11.5. The molecule has 3 aromatic rings. The number of pyridine rings is 1. The van der Waals surface area contributed by atoms with Crippen molar-refractivity contribution in [3.05, 3.63) is 82.0 Å². The molecule has 2 N–H and O–H groups in total. The van der Waals surface area contributed by atoms with Crippen molar-refractivity contribution in [2.24, 2.45) is 0 Å². The van der Waals surface area contributed by atoms with Crippen LogP contribution in [0.15, 0.2) is 65.3 Å². The van der Waals surface area contributed by atoms with E-state index >= 15 is 0 Å². The number of hydrogen-bond acceptors (Lipinski definition) is 6. The highest BCUT2D eigenvalue weighted by atomic mass is 16.7. The highest BCUT2D eigenvalue weighted by Crippen LogP contribution is 2.34. The molecule has 2 aromatic carbocycles. The van der Waals surface area contributed by atoms with E-state index in [0.717, 1.165) is 24.8 Å². The number of nitrogens with one attached hydrogen (secondary N) is 2. The van der Waals surface area contributed by atoms with Crippen molar-refractivity contribution in [1.29, 1.82) is 0 Å². The van der Waals surface area contributed by atoms with Gasteiger partial charge in [0.2, 0.25) is 6.79 Å². The molecule has 4 rings (SSSR count). The predicted molar refractivity (Wildman–Crippen MR) is 133 cm³/mol. The van der Waals surface area contributed by atoms with Crippen molar-refractivity contribution in [2.45, 2.75) is 38.6 Å². The molecule has 1 aliphatic heterocycles. The van der Waals surface area contributed by atoms with Crippen molar-refractivity contribution in [1.82, 2.24) is 10.3 Å². The summed E-state index contributed by atoms with van der Waals surface area (Å²) < 4.78 is 22.1. The number of benzene rings is 2. The summed E-state index contributed by atoms with van der Waals surface area (Å²) in [5.74, 6) is 0.988. The molecule has 0 saturated carbocycles. The third-order valence-corrected chi connectivity index (χ3v) is 5.82. The maximum absolute atomic E-state index is 13.2. The van der Waals surface area contributed by atoms with Crippen molar-refractivity contribution in [2.75, 3.05) is 20.5 Å². The SMILES string of the molecule is CCCCCOc1c(OC)ccc2cc(C(=O)NC(Cc3ccccc3)C3=COCO3)c(=O)[nH]c12. The summed E-state index contributed by atoms with van der Waals surface area (Å²) in [5, 5.41) is 3.59. The van der Waals surface area contributed by atoms with Gasteiger partial charge in [-0.1, -0.05) is 50.1 Å². The van der Waals surface area contributed by atoms with Crippen LogP contribution in [0.1, 0.15) is 42.1 Å². The minimum absolute atomic E-state index is 0.00261. The molecule has 1 atom stereocenters. The van der Waals surface area contributed by atoms with E-state index < -0.39 is 17.5 Å². The van der Waals surface area contributed by atoms with E-state index in [2.05, 4.69) is 17.2 Å². The Kier molecular flexibility index (Phi) is 7.92. The first-order valence-corrected chi connectivity index (χ1v) is 11.8. The van der Waals surface area contributed by atoms with Crippen LogP contribution < -0.4 is 20.3 Å². The fraction of sp³-hybridized carbons (Fsp3) is 0.333. The number of aromatic nitrogens is 1. The Labute approximate surface area is 203 Å². The zero-order chi connectivity index (χ0) is 24.6. The Bertz CT molecular complexity index is 1250. The smallest absolute Gasteiger partial charge is 0.261 e. The minimum atomic E-state index is -0.516. The summed E-state index contributed by atoms with van der Waals surface area (Å²) in [6, 6.07) is 14.4. The summed E-state index contributed by atoms with van der Waals surface area (Å²) >= 11 is 0. The van der Waals surface area contributed by atoms with E-state index in [4.69, 9.17) is 18.9 Å². The van der Waals surface area contributed by atoms with Gasteiger partial charge >= 0.3 is 0 Å². The minimum Gasteiger partial charge on any atom is -0.493 e. The molecule has 35 heavy (non-hydrogen) atoms. The highest BCUT2D eigenvalue weighted by Gasteiger charge is 2.25. The molecule has 2 heterocycles. The fourth-order valence-electron chi connectivity index (χ4n) is 3.97. The largest absolute Gasteiger partial charge is 0.493 e. The van der Waals surface area contributed by atoms with Gasteiger partial charge in [-0.05, 0) is 30.2 Å². The maximum Gasteiger partial charge on any atom is 0.261 e. The van der Waals surface area contributed by atoms with Crippen LogP contribution in [0.25, 0.3) is 10.9 Å². The molecule has 0 spiro atoms. The first-order valence-electron chi connectivity index (χ1n) is 11.8. The first-order chi connectivity index (χ1) is 17.1. The van der Waals surface area contributed by atoms with Crippen molar-refractivity contribution >= 4 is 16.8 Å². The van der Waals surface area contributed by atoms with Gasteiger partial charge in [-0.3, -0.25) is 9.59 Å². The zero-order valence-electron chi connectivity index (χ0n) is 20.0. The molecule has 0 radical (unpaired) electrons. The van der Waals surface area contributed by atoms with E-state index in [1.807, 2.05) is 30.3 Å². The molecule has 0 bridgehead atoms. The summed E-state index contributed by atoms with van der Waals surface area (Å²) in [6.07, 6.45) is 4.99. The van der Waals surface area contributed by atoms with Crippen LogP contribution in [0, 0.1) is 0 Å². The monoisotopic (exact) mass is 478 g/mol. The molecule has 8 nitrogen and oxygen atoms in total. The molecule has 0 aliphatic carbocycles. The summed E-state index contributed by atoms with van der Waals surface area (Å²) in [4.78, 5) is 29.0. The van der Waals surface area contributed by atoms with E-state index in [1.165, 1.54) is 6.26 Å². The summed E-state index contributed by atoms with van der Waals surface area (Å²) in [5.41, 5.74) is 0.993. The predicted octanol–water partition coefficient (Wildman–Crippen LogP) is 4.29. The molecule has 0 fully saturated rings.